The van der Waals surface area contributed by atoms with Crippen LogP contribution < -0.4 is 5.32 Å². The number of hydrogen-bond acceptors (Lipinski definition) is 7. The molecule has 0 radical (unpaired) electrons. The normalized spacial score (nSPS) is 19.1. The third-order valence-corrected chi connectivity index (χ3v) is 7.28. The molecule has 4 rings (SSSR count). The van der Waals surface area contributed by atoms with E-state index in [2.05, 4.69) is 5.32 Å². The Labute approximate surface area is 197 Å². The Kier molecular flexibility index (Phi) is 6.74. The van der Waals surface area contributed by atoms with Crippen LogP contribution in [0, 0.1) is 0 Å². The highest BCUT2D eigenvalue weighted by atomic mass is 32.2. The van der Waals surface area contributed by atoms with Crippen molar-refractivity contribution in [1.29, 1.82) is 0 Å². The summed E-state index contributed by atoms with van der Waals surface area (Å²) in [7, 11) is -3.73. The van der Waals surface area contributed by atoms with E-state index >= 15 is 0 Å². The van der Waals surface area contributed by atoms with Gasteiger partial charge in [-0.15, -0.1) is 0 Å². The number of hydrogen-bond donors (Lipinski definition) is 1. The summed E-state index contributed by atoms with van der Waals surface area (Å²) in [5, 5.41) is 3.26. The Bertz CT molecular complexity index is 1300. The molecule has 1 aliphatic rings. The van der Waals surface area contributed by atoms with Crippen LogP contribution >= 0.6 is 0 Å². The van der Waals surface area contributed by atoms with Gasteiger partial charge in [-0.25, -0.2) is 13.2 Å². The maximum atomic E-state index is 13.0. The smallest absolute Gasteiger partial charge is 0.376 e. The Balaban J connectivity index is 1.58. The molecular weight excluding hydrogens is 460 g/mol. The van der Waals surface area contributed by atoms with Gasteiger partial charge in [0.15, 0.2) is 0 Å². The van der Waals surface area contributed by atoms with Gasteiger partial charge in [-0.1, -0.05) is 12.1 Å². The zero-order valence-corrected chi connectivity index (χ0v) is 19.9. The highest BCUT2D eigenvalue weighted by Gasteiger charge is 2.32. The average Bonchev–Trinajstić information content (AvgIpc) is 3.17. The van der Waals surface area contributed by atoms with E-state index in [1.54, 1.807) is 31.2 Å². The van der Waals surface area contributed by atoms with Crippen LogP contribution in [-0.2, 0) is 19.5 Å². The van der Waals surface area contributed by atoms with Crippen LogP contribution in [0.15, 0.2) is 57.8 Å². The van der Waals surface area contributed by atoms with Crippen LogP contribution in [0.5, 0.6) is 0 Å². The lowest BCUT2D eigenvalue weighted by molar-refractivity contribution is -0.0440. The maximum absolute atomic E-state index is 13.0. The molecule has 2 aromatic carbocycles. The lowest BCUT2D eigenvalue weighted by atomic mass is 10.2. The molecule has 0 bridgehead atoms. The number of morpholine rings is 1. The van der Waals surface area contributed by atoms with Gasteiger partial charge in [-0.05, 0) is 57.2 Å². The van der Waals surface area contributed by atoms with E-state index in [9.17, 15) is 18.0 Å². The number of carbonyl (C=O) groups excluding carboxylic acids is 2. The lowest BCUT2D eigenvalue weighted by Gasteiger charge is -2.34. The summed E-state index contributed by atoms with van der Waals surface area (Å²) < 4.78 is 43.8. The van der Waals surface area contributed by atoms with E-state index in [4.69, 9.17) is 13.9 Å². The number of furan rings is 1. The minimum Gasteiger partial charge on any atom is -0.460 e. The number of benzene rings is 2. The number of fused-ring (bicyclic) bond motifs is 1. The van der Waals surface area contributed by atoms with Crippen molar-refractivity contribution in [2.24, 2.45) is 0 Å². The fourth-order valence-electron chi connectivity index (χ4n) is 3.95. The van der Waals surface area contributed by atoms with Crippen LogP contribution in [0.3, 0.4) is 0 Å². The van der Waals surface area contributed by atoms with Gasteiger partial charge in [0.2, 0.25) is 15.8 Å². The minimum atomic E-state index is -3.73. The number of anilines is 1. The van der Waals surface area contributed by atoms with Gasteiger partial charge in [0.1, 0.15) is 11.3 Å². The van der Waals surface area contributed by atoms with Crippen molar-refractivity contribution in [1.82, 2.24) is 4.31 Å². The first-order chi connectivity index (χ1) is 16.2. The van der Waals surface area contributed by atoms with Gasteiger partial charge in [0, 0.05) is 24.0 Å². The van der Waals surface area contributed by atoms with Crippen molar-refractivity contribution < 1.29 is 31.9 Å². The first-order valence-corrected chi connectivity index (χ1v) is 12.4. The molecule has 10 heteroatoms. The minimum absolute atomic E-state index is 0.0892. The van der Waals surface area contributed by atoms with Gasteiger partial charge in [0.25, 0.3) is 5.91 Å². The maximum Gasteiger partial charge on any atom is 0.376 e. The number of ether oxygens (including phenoxy) is 2. The summed E-state index contributed by atoms with van der Waals surface area (Å²) in [5.74, 6) is -1.31. The topological polar surface area (TPSA) is 115 Å². The molecule has 2 atom stereocenters. The van der Waals surface area contributed by atoms with Crippen molar-refractivity contribution in [3.05, 3.63) is 59.9 Å². The molecule has 180 valence electrons. The molecule has 1 fully saturated rings. The predicted molar refractivity (Wildman–Crippen MR) is 125 cm³/mol. The molecule has 9 nitrogen and oxygen atoms in total. The van der Waals surface area contributed by atoms with Gasteiger partial charge in [-0.2, -0.15) is 4.31 Å². The zero-order chi connectivity index (χ0) is 24.5. The van der Waals surface area contributed by atoms with Crippen molar-refractivity contribution in [3.8, 4) is 0 Å². The third-order valence-electron chi connectivity index (χ3n) is 5.44. The Morgan fingerprint density at radius 2 is 1.71 bits per heavy atom. The molecule has 1 amide bonds. The van der Waals surface area contributed by atoms with Crippen LogP contribution in [0.2, 0.25) is 0 Å². The summed E-state index contributed by atoms with van der Waals surface area (Å²) in [5.41, 5.74) is 0.853. The van der Waals surface area contributed by atoms with Gasteiger partial charge in [-0.3, -0.25) is 4.79 Å². The van der Waals surface area contributed by atoms with Gasteiger partial charge >= 0.3 is 5.97 Å². The molecule has 1 aliphatic heterocycles. The number of sulfonamides is 1. The number of amides is 1. The standard InChI is InChI=1S/C24H26N2O7S/c1-4-31-24(28)22-21(19-7-5-6-8-20(19)33-22)25-23(27)17-9-11-18(12-10-17)34(29,30)26-13-15(2)32-16(3)14-26/h5-12,15-16H,4,13-14H2,1-3H3,(H,25,27)/t15-,16-/m0/s1. The van der Waals surface area contributed by atoms with Crippen molar-refractivity contribution in [3.63, 3.8) is 0 Å². The first-order valence-electron chi connectivity index (χ1n) is 11.0. The Morgan fingerprint density at radius 1 is 1.06 bits per heavy atom. The average molecular weight is 487 g/mol. The molecule has 1 N–H and O–H groups in total. The molecule has 0 aliphatic carbocycles. The summed E-state index contributed by atoms with van der Waals surface area (Å²) in [6.45, 7) is 6.01. The van der Waals surface area contributed by atoms with Crippen molar-refractivity contribution in [2.75, 3.05) is 25.0 Å². The molecule has 3 aromatic rings. The quantitative estimate of drug-likeness (QED) is 0.529. The highest BCUT2D eigenvalue weighted by molar-refractivity contribution is 7.89. The molecule has 0 unspecified atom stereocenters. The first kappa shape index (κ1) is 23.9. The largest absolute Gasteiger partial charge is 0.460 e. The summed E-state index contributed by atoms with van der Waals surface area (Å²) in [4.78, 5) is 25.4. The van der Waals surface area contributed by atoms with E-state index in [1.165, 1.54) is 28.6 Å². The molecule has 1 saturated heterocycles. The van der Waals surface area contributed by atoms with Crippen molar-refractivity contribution >= 4 is 38.6 Å². The molecule has 2 heterocycles. The molecule has 0 spiro atoms. The fraction of sp³-hybridized carbons (Fsp3) is 0.333. The van der Waals surface area contributed by atoms with E-state index in [0.29, 0.717) is 11.0 Å². The van der Waals surface area contributed by atoms with Crippen LogP contribution in [0.4, 0.5) is 5.69 Å². The summed E-state index contributed by atoms with van der Waals surface area (Å²) in [6.07, 6.45) is -0.413. The number of nitrogens with one attached hydrogen (secondary N) is 1. The second kappa shape index (κ2) is 9.57. The lowest BCUT2D eigenvalue weighted by Crippen LogP contribution is -2.48. The highest BCUT2D eigenvalue weighted by Crippen LogP contribution is 2.32. The molecule has 0 saturated carbocycles. The molecule has 1 aromatic heterocycles. The Hall–Kier alpha value is -3.21. The Morgan fingerprint density at radius 3 is 2.35 bits per heavy atom. The SMILES string of the molecule is CCOC(=O)c1oc2ccccc2c1NC(=O)c1ccc(S(=O)(=O)N2C[C@H](C)O[C@@H](C)C2)cc1. The van der Waals surface area contributed by atoms with Crippen LogP contribution in [-0.4, -0.2) is 56.5 Å². The molecule has 34 heavy (non-hydrogen) atoms. The number of nitrogens with zero attached hydrogens (tertiary/aromatic N) is 1. The number of rotatable bonds is 6. The van der Waals surface area contributed by atoms with E-state index < -0.39 is 21.9 Å². The second-order valence-electron chi connectivity index (χ2n) is 8.08. The van der Waals surface area contributed by atoms with Gasteiger partial charge in [0.05, 0.1) is 23.7 Å². The summed E-state index contributed by atoms with van der Waals surface area (Å²) in [6, 6.07) is 12.6. The number of esters is 1. The van der Waals surface area contributed by atoms with E-state index in [1.807, 2.05) is 13.8 Å². The fourth-order valence-corrected chi connectivity index (χ4v) is 5.54. The van der Waals surface area contributed by atoms with Crippen molar-refractivity contribution in [2.45, 2.75) is 37.9 Å². The van der Waals surface area contributed by atoms with E-state index in [-0.39, 0.29) is 53.8 Å². The zero-order valence-electron chi connectivity index (χ0n) is 19.1. The predicted octanol–water partition coefficient (Wildman–Crippen LogP) is 3.66. The number of para-hydroxylation sites is 1. The molecular formula is C24H26N2O7S. The van der Waals surface area contributed by atoms with Crippen LogP contribution in [0.1, 0.15) is 41.7 Å². The van der Waals surface area contributed by atoms with Crippen LogP contribution in [0.25, 0.3) is 11.0 Å². The monoisotopic (exact) mass is 486 g/mol. The second-order valence-corrected chi connectivity index (χ2v) is 10.0. The third kappa shape index (κ3) is 4.70. The van der Waals surface area contributed by atoms with Gasteiger partial charge < -0.3 is 19.2 Å². The number of carbonyl (C=O) groups is 2. The van der Waals surface area contributed by atoms with E-state index in [0.717, 1.165) is 0 Å². The summed E-state index contributed by atoms with van der Waals surface area (Å²) >= 11 is 0.